The Morgan fingerprint density at radius 2 is 1.15 bits per heavy atom. The van der Waals surface area contributed by atoms with Gasteiger partial charge in [0.1, 0.15) is 11.2 Å². The molecular weight excluding hydrogens is 599 g/mol. The molecule has 2 nitrogen and oxygen atoms in total. The average molecular weight is 622 g/mol. The van der Waals surface area contributed by atoms with E-state index < -0.39 is 0 Å². The van der Waals surface area contributed by atoms with Gasteiger partial charge in [-0.1, -0.05) is 84.9 Å². The lowest BCUT2D eigenvalue weighted by Gasteiger charge is -2.09. The van der Waals surface area contributed by atoms with Gasteiger partial charge in [-0.25, -0.2) is 0 Å². The third-order valence-electron chi connectivity index (χ3n) is 9.60. The number of para-hydroxylation sites is 2. The van der Waals surface area contributed by atoms with Crippen LogP contribution in [0.15, 0.2) is 144 Å². The maximum absolute atomic E-state index is 6.31. The van der Waals surface area contributed by atoms with Crippen molar-refractivity contribution in [1.82, 2.24) is 4.57 Å². The number of fused-ring (bicyclic) bond motifs is 12. The lowest BCUT2D eigenvalue weighted by molar-refractivity contribution is 0.669. The molecule has 0 bridgehead atoms. The summed E-state index contributed by atoms with van der Waals surface area (Å²) in [4.78, 5) is 0. The molecule has 0 spiro atoms. The second kappa shape index (κ2) is 9.07. The molecule has 4 heteroatoms. The van der Waals surface area contributed by atoms with Crippen molar-refractivity contribution in [3.8, 4) is 16.8 Å². The normalized spacial score (nSPS) is 12.3. The van der Waals surface area contributed by atoms with E-state index in [2.05, 4.69) is 138 Å². The van der Waals surface area contributed by atoms with Crippen LogP contribution in [0.2, 0.25) is 0 Å². The van der Waals surface area contributed by atoms with Crippen LogP contribution in [0.1, 0.15) is 0 Å². The molecule has 0 unspecified atom stereocenters. The predicted octanol–water partition coefficient (Wildman–Crippen LogP) is 13.1. The number of hydrogen-bond acceptors (Lipinski definition) is 3. The lowest BCUT2D eigenvalue weighted by atomic mass is 9.98. The Kier molecular flexibility index (Phi) is 4.90. The molecule has 0 amide bonds. The van der Waals surface area contributed by atoms with Crippen LogP contribution in [-0.4, -0.2) is 4.57 Å². The molecule has 11 aromatic rings. The van der Waals surface area contributed by atoms with Gasteiger partial charge >= 0.3 is 0 Å². The van der Waals surface area contributed by atoms with Gasteiger partial charge < -0.3 is 8.98 Å². The summed E-state index contributed by atoms with van der Waals surface area (Å²) in [6, 6.07) is 50.9. The van der Waals surface area contributed by atoms with Crippen LogP contribution < -0.4 is 0 Å². The fourth-order valence-corrected chi connectivity index (χ4v) is 9.94. The SMILES string of the molecule is c1ccc2c(c1)oc1cc3c4ccccc4n(-c4ccc5sc6c(-c7cccc8sc9ccccc9c78)cccc6c5c4)c3cc12. The van der Waals surface area contributed by atoms with Crippen molar-refractivity contribution in [2.75, 3.05) is 0 Å². The summed E-state index contributed by atoms with van der Waals surface area (Å²) in [6.07, 6.45) is 0. The average Bonchev–Trinajstić information content (AvgIpc) is 3.85. The van der Waals surface area contributed by atoms with E-state index in [0.717, 1.165) is 21.9 Å². The van der Waals surface area contributed by atoms with Gasteiger partial charge in [0, 0.05) is 73.1 Å². The van der Waals surface area contributed by atoms with Crippen LogP contribution >= 0.6 is 22.7 Å². The first-order valence-electron chi connectivity index (χ1n) is 15.5. The molecule has 0 aliphatic heterocycles. The molecule has 4 heterocycles. The standard InChI is InChI=1S/C42H23NOS2/c1-4-15-34-25(9-1)31-23-37-32(26-10-2-5-16-36(26)44-37)22-35(31)43(34)24-19-20-39-33(21-24)29-14-7-13-28(42(29)46-39)27-12-8-18-40-41(27)30-11-3-6-17-38(30)45-40/h1-23H. The summed E-state index contributed by atoms with van der Waals surface area (Å²) in [7, 11) is 0. The third-order valence-corrected chi connectivity index (χ3v) is 12.0. The van der Waals surface area contributed by atoms with Gasteiger partial charge in [-0.05, 0) is 60.2 Å². The van der Waals surface area contributed by atoms with Crippen molar-refractivity contribution in [2.24, 2.45) is 0 Å². The summed E-state index contributed by atoms with van der Waals surface area (Å²) in [5.41, 5.74) is 8.03. The van der Waals surface area contributed by atoms with Gasteiger partial charge in [-0.15, -0.1) is 22.7 Å². The summed E-state index contributed by atoms with van der Waals surface area (Å²) in [5, 5.41) is 10.0. The zero-order chi connectivity index (χ0) is 29.9. The van der Waals surface area contributed by atoms with E-state index in [1.54, 1.807) is 0 Å². The molecule has 0 atom stereocenters. The van der Waals surface area contributed by atoms with E-state index in [-0.39, 0.29) is 0 Å². The summed E-state index contributed by atoms with van der Waals surface area (Å²) in [5.74, 6) is 0. The van der Waals surface area contributed by atoms with Crippen LogP contribution in [0.3, 0.4) is 0 Å². The Morgan fingerprint density at radius 1 is 0.413 bits per heavy atom. The molecule has 46 heavy (non-hydrogen) atoms. The van der Waals surface area contributed by atoms with Gasteiger partial charge in [-0.2, -0.15) is 0 Å². The van der Waals surface area contributed by atoms with E-state index >= 15 is 0 Å². The highest BCUT2D eigenvalue weighted by Gasteiger charge is 2.19. The van der Waals surface area contributed by atoms with Gasteiger partial charge in [0.2, 0.25) is 0 Å². The maximum atomic E-state index is 6.31. The molecule has 0 aliphatic rings. The smallest absolute Gasteiger partial charge is 0.136 e. The Morgan fingerprint density at radius 3 is 2.11 bits per heavy atom. The Labute approximate surface area is 270 Å². The van der Waals surface area contributed by atoms with Crippen molar-refractivity contribution in [2.45, 2.75) is 0 Å². The molecule has 0 N–H and O–H groups in total. The summed E-state index contributed by atoms with van der Waals surface area (Å²) >= 11 is 3.78. The zero-order valence-electron chi connectivity index (χ0n) is 24.5. The number of thiophene rings is 2. The lowest BCUT2D eigenvalue weighted by Crippen LogP contribution is -1.93. The minimum Gasteiger partial charge on any atom is -0.456 e. The monoisotopic (exact) mass is 621 g/mol. The molecule has 0 saturated heterocycles. The Balaban J connectivity index is 1.18. The van der Waals surface area contributed by atoms with Crippen LogP contribution in [-0.2, 0) is 0 Å². The van der Waals surface area contributed by atoms with E-state index in [0.29, 0.717) is 0 Å². The first kappa shape index (κ1) is 24.8. The number of nitrogens with zero attached hydrogens (tertiary/aromatic N) is 1. The maximum Gasteiger partial charge on any atom is 0.136 e. The minimum atomic E-state index is 0.925. The zero-order valence-corrected chi connectivity index (χ0v) is 26.1. The molecular formula is C42H23NOS2. The topological polar surface area (TPSA) is 18.1 Å². The van der Waals surface area contributed by atoms with Crippen molar-refractivity contribution >= 4 is 107 Å². The fourth-order valence-electron chi connectivity index (χ4n) is 7.60. The minimum absolute atomic E-state index is 0.925. The highest BCUT2D eigenvalue weighted by atomic mass is 32.1. The quantitative estimate of drug-likeness (QED) is 0.188. The third kappa shape index (κ3) is 3.30. The van der Waals surface area contributed by atoms with Crippen LogP contribution in [0.4, 0.5) is 0 Å². The van der Waals surface area contributed by atoms with E-state index in [1.165, 1.54) is 79.0 Å². The van der Waals surface area contributed by atoms with Gasteiger partial charge in [0.05, 0.1) is 11.0 Å². The second-order valence-corrected chi connectivity index (χ2v) is 14.2. The molecule has 4 aromatic heterocycles. The van der Waals surface area contributed by atoms with E-state index in [4.69, 9.17) is 4.42 Å². The summed E-state index contributed by atoms with van der Waals surface area (Å²) < 4.78 is 14.1. The number of aromatic nitrogens is 1. The van der Waals surface area contributed by atoms with Gasteiger partial charge in [0.15, 0.2) is 0 Å². The molecule has 0 saturated carbocycles. The molecule has 0 fully saturated rings. The Hall–Kier alpha value is -5.42. The first-order chi connectivity index (χ1) is 22.8. The first-order valence-corrected chi connectivity index (χ1v) is 17.1. The Bertz CT molecular complexity index is 3040. The summed E-state index contributed by atoms with van der Waals surface area (Å²) in [6.45, 7) is 0. The highest BCUT2D eigenvalue weighted by Crippen LogP contribution is 2.46. The predicted molar refractivity (Wildman–Crippen MR) is 199 cm³/mol. The molecule has 0 aliphatic carbocycles. The van der Waals surface area contributed by atoms with Crippen molar-refractivity contribution in [1.29, 1.82) is 0 Å². The van der Waals surface area contributed by atoms with Gasteiger partial charge in [0.25, 0.3) is 0 Å². The second-order valence-electron chi connectivity index (χ2n) is 12.1. The van der Waals surface area contributed by atoms with E-state index in [9.17, 15) is 0 Å². The fraction of sp³-hybridized carbons (Fsp3) is 0. The molecule has 11 rings (SSSR count). The van der Waals surface area contributed by atoms with Crippen molar-refractivity contribution < 1.29 is 4.42 Å². The van der Waals surface area contributed by atoms with Crippen LogP contribution in [0.25, 0.3) is 101 Å². The molecule has 0 radical (unpaired) electrons. The highest BCUT2D eigenvalue weighted by molar-refractivity contribution is 7.26. The number of hydrogen-bond donors (Lipinski definition) is 0. The van der Waals surface area contributed by atoms with Crippen molar-refractivity contribution in [3.05, 3.63) is 140 Å². The number of rotatable bonds is 2. The molecule has 7 aromatic carbocycles. The van der Waals surface area contributed by atoms with Gasteiger partial charge in [-0.3, -0.25) is 0 Å². The number of furan rings is 1. The number of benzene rings is 7. The van der Waals surface area contributed by atoms with Crippen LogP contribution in [0.5, 0.6) is 0 Å². The van der Waals surface area contributed by atoms with Crippen LogP contribution in [0, 0.1) is 0 Å². The van der Waals surface area contributed by atoms with Crippen molar-refractivity contribution in [3.63, 3.8) is 0 Å². The largest absolute Gasteiger partial charge is 0.456 e. The molecule has 214 valence electrons. The van der Waals surface area contributed by atoms with E-state index in [1.807, 2.05) is 28.7 Å².